The van der Waals surface area contributed by atoms with E-state index < -0.39 is 0 Å². The van der Waals surface area contributed by atoms with Crippen molar-refractivity contribution < 1.29 is 0 Å². The predicted octanol–water partition coefficient (Wildman–Crippen LogP) is 1.96. The molecule has 5 nitrogen and oxygen atoms in total. The highest BCUT2D eigenvalue weighted by atomic mass is 32.2. The second-order valence-corrected chi connectivity index (χ2v) is 5.21. The van der Waals surface area contributed by atoms with Crippen LogP contribution in [0, 0.1) is 0 Å². The lowest BCUT2D eigenvalue weighted by atomic mass is 10.3. The van der Waals surface area contributed by atoms with Crippen LogP contribution in [0.2, 0.25) is 0 Å². The molecule has 0 aromatic carbocycles. The summed E-state index contributed by atoms with van der Waals surface area (Å²) in [5, 5.41) is 3.26. The Kier molecular flexibility index (Phi) is 6.04. The molecule has 1 heterocycles. The molecule has 0 saturated carbocycles. The molecule has 96 valence electrons. The number of anilines is 2. The third-order valence-electron chi connectivity index (χ3n) is 2.29. The highest BCUT2D eigenvalue weighted by molar-refractivity contribution is 7.99. The van der Waals surface area contributed by atoms with E-state index in [1.165, 1.54) is 0 Å². The van der Waals surface area contributed by atoms with Crippen molar-refractivity contribution in [2.75, 3.05) is 22.6 Å². The Labute approximate surface area is 107 Å². The highest BCUT2D eigenvalue weighted by Gasteiger charge is 2.06. The molecule has 0 amide bonds. The number of aromatic nitrogens is 3. The van der Waals surface area contributed by atoms with Gasteiger partial charge in [0.2, 0.25) is 11.9 Å². The van der Waals surface area contributed by atoms with Gasteiger partial charge in [0, 0.05) is 12.5 Å². The van der Waals surface area contributed by atoms with Crippen LogP contribution in [0.3, 0.4) is 0 Å². The van der Waals surface area contributed by atoms with Gasteiger partial charge in [-0.2, -0.15) is 26.7 Å². The van der Waals surface area contributed by atoms with E-state index in [9.17, 15) is 0 Å². The lowest BCUT2D eigenvalue weighted by Crippen LogP contribution is -2.19. The minimum atomic E-state index is 0.287. The van der Waals surface area contributed by atoms with Crippen molar-refractivity contribution in [2.45, 2.75) is 39.7 Å². The summed E-state index contributed by atoms with van der Waals surface area (Å²) < 4.78 is 0. The van der Waals surface area contributed by atoms with Gasteiger partial charge in [-0.05, 0) is 24.9 Å². The van der Waals surface area contributed by atoms with Crippen molar-refractivity contribution in [1.82, 2.24) is 15.0 Å². The summed E-state index contributed by atoms with van der Waals surface area (Å²) in [6, 6.07) is 0.348. The molecule has 1 atom stereocenters. The zero-order chi connectivity index (χ0) is 12.7. The van der Waals surface area contributed by atoms with Crippen LogP contribution in [0.1, 0.15) is 33.0 Å². The lowest BCUT2D eigenvalue weighted by molar-refractivity contribution is 0.753. The molecule has 1 aromatic heterocycles. The molecule has 0 radical (unpaired) electrons. The SMILES string of the molecule is CCSCCC(C)Nc1nc(N)nc(CC)n1. The van der Waals surface area contributed by atoms with E-state index in [0.29, 0.717) is 12.0 Å². The zero-order valence-electron chi connectivity index (χ0n) is 10.7. The van der Waals surface area contributed by atoms with Crippen molar-refractivity contribution in [2.24, 2.45) is 0 Å². The molecule has 0 saturated heterocycles. The summed E-state index contributed by atoms with van der Waals surface area (Å²) in [6.45, 7) is 6.30. The summed E-state index contributed by atoms with van der Waals surface area (Å²) in [5.41, 5.74) is 5.63. The fourth-order valence-corrected chi connectivity index (χ4v) is 2.17. The first kappa shape index (κ1) is 14.0. The summed E-state index contributed by atoms with van der Waals surface area (Å²) in [5.74, 6) is 3.91. The molecule has 0 spiro atoms. The Balaban J connectivity index is 2.52. The van der Waals surface area contributed by atoms with Crippen LogP contribution in [0.5, 0.6) is 0 Å². The summed E-state index contributed by atoms with van der Waals surface area (Å²) in [7, 11) is 0. The van der Waals surface area contributed by atoms with Gasteiger partial charge in [-0.3, -0.25) is 0 Å². The van der Waals surface area contributed by atoms with Crippen LogP contribution in [0.15, 0.2) is 0 Å². The van der Waals surface area contributed by atoms with E-state index >= 15 is 0 Å². The van der Waals surface area contributed by atoms with Gasteiger partial charge in [0.1, 0.15) is 5.82 Å². The molecule has 17 heavy (non-hydrogen) atoms. The number of rotatable bonds is 7. The average Bonchev–Trinajstić information content (AvgIpc) is 2.28. The van der Waals surface area contributed by atoms with Gasteiger partial charge in [0.25, 0.3) is 0 Å². The monoisotopic (exact) mass is 255 g/mol. The second-order valence-electron chi connectivity index (χ2n) is 3.82. The Hall–Kier alpha value is -1.04. The van der Waals surface area contributed by atoms with E-state index in [4.69, 9.17) is 5.73 Å². The fraction of sp³-hybridized carbons (Fsp3) is 0.727. The molecule has 1 unspecified atom stereocenters. The fourth-order valence-electron chi connectivity index (χ4n) is 1.36. The lowest BCUT2D eigenvalue weighted by Gasteiger charge is -2.13. The average molecular weight is 255 g/mol. The maximum absolute atomic E-state index is 5.63. The highest BCUT2D eigenvalue weighted by Crippen LogP contribution is 2.09. The van der Waals surface area contributed by atoms with Crippen LogP contribution >= 0.6 is 11.8 Å². The van der Waals surface area contributed by atoms with E-state index in [-0.39, 0.29) is 5.95 Å². The molecule has 0 fully saturated rings. The van der Waals surface area contributed by atoms with Crippen molar-refractivity contribution in [3.05, 3.63) is 5.82 Å². The molecule has 3 N–H and O–H groups in total. The van der Waals surface area contributed by atoms with Crippen molar-refractivity contribution >= 4 is 23.7 Å². The predicted molar refractivity (Wildman–Crippen MR) is 74.3 cm³/mol. The van der Waals surface area contributed by atoms with Gasteiger partial charge in [0.05, 0.1) is 0 Å². The first-order chi connectivity index (χ1) is 8.15. The minimum absolute atomic E-state index is 0.287. The van der Waals surface area contributed by atoms with Crippen LogP contribution in [0.4, 0.5) is 11.9 Å². The first-order valence-corrected chi connectivity index (χ1v) is 7.15. The third kappa shape index (κ3) is 5.21. The van der Waals surface area contributed by atoms with Crippen molar-refractivity contribution in [1.29, 1.82) is 0 Å². The van der Waals surface area contributed by atoms with Gasteiger partial charge in [0.15, 0.2) is 0 Å². The van der Waals surface area contributed by atoms with Crippen LogP contribution in [-0.4, -0.2) is 32.5 Å². The Bertz CT molecular complexity index is 345. The Morgan fingerprint density at radius 1 is 1.29 bits per heavy atom. The number of hydrogen-bond acceptors (Lipinski definition) is 6. The molecule has 1 aromatic rings. The summed E-state index contributed by atoms with van der Waals surface area (Å²) in [6.07, 6.45) is 1.85. The molecule has 0 aliphatic heterocycles. The first-order valence-electron chi connectivity index (χ1n) is 6.00. The van der Waals surface area contributed by atoms with E-state index in [0.717, 1.165) is 30.2 Å². The molecule has 1 rings (SSSR count). The number of hydrogen-bond donors (Lipinski definition) is 2. The standard InChI is InChI=1S/C11H21N5S/c1-4-9-14-10(12)16-11(15-9)13-8(3)6-7-17-5-2/h8H,4-7H2,1-3H3,(H3,12,13,14,15,16). The number of nitrogen functional groups attached to an aromatic ring is 1. The van der Waals surface area contributed by atoms with Crippen LogP contribution in [-0.2, 0) is 6.42 Å². The van der Waals surface area contributed by atoms with Gasteiger partial charge >= 0.3 is 0 Å². The molecular formula is C11H21N5S. The van der Waals surface area contributed by atoms with E-state index in [1.807, 2.05) is 18.7 Å². The quantitative estimate of drug-likeness (QED) is 0.725. The number of thioether (sulfide) groups is 1. The summed E-state index contributed by atoms with van der Waals surface area (Å²) >= 11 is 1.94. The van der Waals surface area contributed by atoms with Crippen LogP contribution < -0.4 is 11.1 Å². The van der Waals surface area contributed by atoms with E-state index in [1.54, 1.807) is 0 Å². The molecule has 0 bridgehead atoms. The van der Waals surface area contributed by atoms with Gasteiger partial charge in [-0.25, -0.2) is 0 Å². The largest absolute Gasteiger partial charge is 0.368 e. The maximum Gasteiger partial charge on any atom is 0.227 e. The minimum Gasteiger partial charge on any atom is -0.368 e. The third-order valence-corrected chi connectivity index (χ3v) is 3.22. The zero-order valence-corrected chi connectivity index (χ0v) is 11.5. The number of nitrogens with one attached hydrogen (secondary N) is 1. The van der Waals surface area contributed by atoms with Crippen molar-refractivity contribution in [3.8, 4) is 0 Å². The number of nitrogens with two attached hydrogens (primary N) is 1. The number of aryl methyl sites for hydroxylation is 1. The topological polar surface area (TPSA) is 76.7 Å². The molecule has 6 heteroatoms. The smallest absolute Gasteiger partial charge is 0.227 e. The van der Waals surface area contributed by atoms with E-state index in [2.05, 4.69) is 34.1 Å². The van der Waals surface area contributed by atoms with Gasteiger partial charge in [-0.15, -0.1) is 0 Å². The molecule has 0 aliphatic carbocycles. The maximum atomic E-state index is 5.63. The van der Waals surface area contributed by atoms with Gasteiger partial charge < -0.3 is 11.1 Å². The normalized spacial score (nSPS) is 12.4. The Morgan fingerprint density at radius 2 is 2.06 bits per heavy atom. The molecular weight excluding hydrogens is 234 g/mol. The molecule has 0 aliphatic rings. The Morgan fingerprint density at radius 3 is 2.71 bits per heavy atom. The summed E-state index contributed by atoms with van der Waals surface area (Å²) in [4.78, 5) is 12.4. The van der Waals surface area contributed by atoms with Crippen molar-refractivity contribution in [3.63, 3.8) is 0 Å². The number of nitrogens with zero attached hydrogens (tertiary/aromatic N) is 3. The van der Waals surface area contributed by atoms with Gasteiger partial charge in [-0.1, -0.05) is 13.8 Å². The van der Waals surface area contributed by atoms with Crippen LogP contribution in [0.25, 0.3) is 0 Å². The second kappa shape index (κ2) is 7.32.